The highest BCUT2D eigenvalue weighted by Gasteiger charge is 2.46. The number of rotatable bonds is 6. The molecule has 1 atom stereocenters. The van der Waals surface area contributed by atoms with Gasteiger partial charge in [0.25, 0.3) is 11.8 Å². The van der Waals surface area contributed by atoms with Gasteiger partial charge in [0.1, 0.15) is 0 Å². The molecule has 0 spiro atoms. The topological polar surface area (TPSA) is 113 Å². The molecule has 9 heteroatoms. The first-order valence-electron chi connectivity index (χ1n) is 10.7. The summed E-state index contributed by atoms with van der Waals surface area (Å²) in [6, 6.07) is 19.3. The number of nitrogens with two attached hydrogens (primary N) is 1. The number of nitrogens with one attached hydrogen (secondary N) is 1. The zero-order valence-electron chi connectivity index (χ0n) is 18.3. The van der Waals surface area contributed by atoms with Crippen molar-refractivity contribution < 1.29 is 18.0 Å². The number of hydrogen-bond donors (Lipinski definition) is 2. The molecule has 2 amide bonds. The minimum atomic E-state index is -4.06. The van der Waals surface area contributed by atoms with Crippen molar-refractivity contribution in [3.63, 3.8) is 0 Å². The van der Waals surface area contributed by atoms with Crippen LogP contribution in [0.1, 0.15) is 15.9 Å². The van der Waals surface area contributed by atoms with Crippen LogP contribution in [0.4, 0.5) is 0 Å². The number of hydrogen-bond acceptors (Lipinski definition) is 5. The van der Waals surface area contributed by atoms with Gasteiger partial charge in [-0.05, 0) is 42.0 Å². The maximum absolute atomic E-state index is 13.6. The molecule has 8 nitrogen and oxygen atoms in total. The van der Waals surface area contributed by atoms with E-state index in [2.05, 4.69) is 5.32 Å². The molecule has 1 fully saturated rings. The number of amides is 2. The molecule has 1 saturated heterocycles. The maximum atomic E-state index is 13.6. The van der Waals surface area contributed by atoms with Crippen molar-refractivity contribution in [1.82, 2.24) is 14.5 Å². The summed E-state index contributed by atoms with van der Waals surface area (Å²) in [6.07, 6.45) is -1.30. The van der Waals surface area contributed by atoms with E-state index < -0.39 is 28.0 Å². The molecule has 33 heavy (non-hydrogen) atoms. The fraction of sp³-hybridized carbons (Fsp3) is 0.250. The zero-order chi connectivity index (χ0) is 23.6. The lowest BCUT2D eigenvalue weighted by Crippen LogP contribution is -2.54. The summed E-state index contributed by atoms with van der Waals surface area (Å²) in [5.74, 6) is -0.980. The number of fused-ring (bicyclic) bond motifs is 1. The van der Waals surface area contributed by atoms with Crippen molar-refractivity contribution in [2.45, 2.75) is 18.0 Å². The molecule has 0 aromatic heterocycles. The maximum Gasteiger partial charge on any atom is 0.259 e. The first kappa shape index (κ1) is 22.9. The predicted octanol–water partition coefficient (Wildman–Crippen LogP) is 1.70. The van der Waals surface area contributed by atoms with Gasteiger partial charge in [-0.25, -0.2) is 8.42 Å². The molecule has 4 rings (SSSR count). The lowest BCUT2D eigenvalue weighted by molar-refractivity contribution is -0.127. The van der Waals surface area contributed by atoms with Crippen LogP contribution >= 0.6 is 0 Å². The number of carbonyl (C=O) groups excluding carboxylic acids is 2. The largest absolute Gasteiger partial charge is 0.352 e. The summed E-state index contributed by atoms with van der Waals surface area (Å²) in [5, 5.41) is 4.32. The average Bonchev–Trinajstić information content (AvgIpc) is 3.28. The Morgan fingerprint density at radius 2 is 1.76 bits per heavy atom. The molecule has 0 saturated carbocycles. The van der Waals surface area contributed by atoms with Gasteiger partial charge in [-0.2, -0.15) is 4.31 Å². The second kappa shape index (κ2) is 9.30. The van der Waals surface area contributed by atoms with Gasteiger partial charge < -0.3 is 16.0 Å². The monoisotopic (exact) mass is 466 g/mol. The van der Waals surface area contributed by atoms with Crippen LogP contribution in [0.5, 0.6) is 0 Å². The van der Waals surface area contributed by atoms with E-state index in [0.29, 0.717) is 5.56 Å². The molecule has 0 bridgehead atoms. The minimum Gasteiger partial charge on any atom is -0.352 e. The Balaban J connectivity index is 1.72. The van der Waals surface area contributed by atoms with Crippen LogP contribution in [0.2, 0.25) is 0 Å². The predicted molar refractivity (Wildman–Crippen MR) is 126 cm³/mol. The van der Waals surface area contributed by atoms with Crippen LogP contribution in [0, 0.1) is 6.92 Å². The summed E-state index contributed by atoms with van der Waals surface area (Å²) < 4.78 is 28.3. The van der Waals surface area contributed by atoms with Crippen LogP contribution in [0.3, 0.4) is 0 Å². The Morgan fingerprint density at radius 1 is 1.00 bits per heavy atom. The first-order valence-corrected chi connectivity index (χ1v) is 12.1. The van der Waals surface area contributed by atoms with Crippen LogP contribution in [-0.2, 0) is 14.8 Å². The van der Waals surface area contributed by atoms with E-state index in [4.69, 9.17) is 5.73 Å². The average molecular weight is 467 g/mol. The van der Waals surface area contributed by atoms with E-state index in [1.165, 1.54) is 11.0 Å². The SMILES string of the molecule is Cc1cccc(C(=O)N2CCN(S(=O)(=O)c3ccc4ccccc4c3)C2C(=O)NCCN)c1. The van der Waals surface area contributed by atoms with Crippen LogP contribution in [0.25, 0.3) is 10.8 Å². The van der Waals surface area contributed by atoms with Gasteiger partial charge in [0, 0.05) is 31.7 Å². The molecular weight excluding hydrogens is 440 g/mol. The van der Waals surface area contributed by atoms with Gasteiger partial charge in [-0.15, -0.1) is 0 Å². The second-order valence-electron chi connectivity index (χ2n) is 7.95. The first-order chi connectivity index (χ1) is 15.8. The van der Waals surface area contributed by atoms with Gasteiger partial charge >= 0.3 is 0 Å². The smallest absolute Gasteiger partial charge is 0.259 e. The zero-order valence-corrected chi connectivity index (χ0v) is 19.1. The van der Waals surface area contributed by atoms with Crippen molar-refractivity contribution >= 4 is 32.6 Å². The Bertz CT molecular complexity index is 1310. The van der Waals surface area contributed by atoms with E-state index >= 15 is 0 Å². The summed E-state index contributed by atoms with van der Waals surface area (Å²) in [6.45, 7) is 2.34. The Morgan fingerprint density at radius 3 is 2.48 bits per heavy atom. The van der Waals surface area contributed by atoms with E-state index in [0.717, 1.165) is 20.6 Å². The fourth-order valence-electron chi connectivity index (χ4n) is 4.04. The van der Waals surface area contributed by atoms with Crippen LogP contribution < -0.4 is 11.1 Å². The molecule has 1 aliphatic heterocycles. The Labute approximate surface area is 193 Å². The Hall–Kier alpha value is -3.27. The summed E-state index contributed by atoms with van der Waals surface area (Å²) in [4.78, 5) is 27.7. The fourth-order valence-corrected chi connectivity index (χ4v) is 5.62. The molecular formula is C24H26N4O4S. The van der Waals surface area contributed by atoms with E-state index in [9.17, 15) is 18.0 Å². The number of nitrogens with zero attached hydrogens (tertiary/aromatic N) is 2. The molecule has 1 unspecified atom stereocenters. The molecule has 1 heterocycles. The lowest BCUT2D eigenvalue weighted by Gasteiger charge is -2.29. The van der Waals surface area contributed by atoms with Gasteiger partial charge in [-0.3, -0.25) is 9.59 Å². The van der Waals surface area contributed by atoms with E-state index in [-0.39, 0.29) is 31.1 Å². The molecule has 3 aromatic rings. The van der Waals surface area contributed by atoms with Crippen molar-refractivity contribution in [1.29, 1.82) is 0 Å². The quantitative estimate of drug-likeness (QED) is 0.574. The van der Waals surface area contributed by atoms with Crippen molar-refractivity contribution in [3.05, 3.63) is 77.9 Å². The summed E-state index contributed by atoms with van der Waals surface area (Å²) in [5.41, 5.74) is 6.81. The summed E-state index contributed by atoms with van der Waals surface area (Å²) in [7, 11) is -4.06. The van der Waals surface area contributed by atoms with Gasteiger partial charge in [-0.1, -0.05) is 48.0 Å². The van der Waals surface area contributed by atoms with Crippen LogP contribution in [0.15, 0.2) is 71.6 Å². The minimum absolute atomic E-state index is 0.00737. The highest BCUT2D eigenvalue weighted by molar-refractivity contribution is 7.89. The van der Waals surface area contributed by atoms with Gasteiger partial charge in [0.2, 0.25) is 10.0 Å². The number of aryl methyl sites for hydroxylation is 1. The molecule has 1 aliphatic rings. The van der Waals surface area contributed by atoms with Crippen molar-refractivity contribution in [2.75, 3.05) is 26.2 Å². The highest BCUT2D eigenvalue weighted by atomic mass is 32.2. The van der Waals surface area contributed by atoms with E-state index in [1.807, 2.05) is 37.3 Å². The molecule has 0 aliphatic carbocycles. The standard InChI is InChI=1S/C24H26N4O4S/c1-17-5-4-8-20(15-17)24(30)27-13-14-28(23(27)22(29)26-12-11-25)33(31,32)21-10-9-18-6-2-3-7-19(18)16-21/h2-10,15-16,23H,11-14,25H2,1H3,(H,26,29). The van der Waals surface area contributed by atoms with Gasteiger partial charge in [0.15, 0.2) is 6.17 Å². The van der Waals surface area contributed by atoms with Crippen LogP contribution in [-0.4, -0.2) is 61.8 Å². The lowest BCUT2D eigenvalue weighted by atomic mass is 10.1. The molecule has 3 N–H and O–H groups in total. The van der Waals surface area contributed by atoms with Crippen molar-refractivity contribution in [3.8, 4) is 0 Å². The van der Waals surface area contributed by atoms with Crippen molar-refractivity contribution in [2.24, 2.45) is 5.73 Å². The number of sulfonamides is 1. The van der Waals surface area contributed by atoms with E-state index in [1.54, 1.807) is 30.3 Å². The number of carbonyl (C=O) groups is 2. The highest BCUT2D eigenvalue weighted by Crippen LogP contribution is 2.28. The summed E-state index contributed by atoms with van der Waals surface area (Å²) >= 11 is 0. The normalized spacial score (nSPS) is 16.8. The second-order valence-corrected chi connectivity index (χ2v) is 9.84. The number of benzene rings is 3. The third-order valence-corrected chi connectivity index (χ3v) is 7.51. The molecule has 172 valence electrons. The Kier molecular flexibility index (Phi) is 6.46. The third kappa shape index (κ3) is 4.47. The third-order valence-electron chi connectivity index (χ3n) is 5.66. The van der Waals surface area contributed by atoms with Gasteiger partial charge in [0.05, 0.1) is 4.90 Å². The molecule has 3 aromatic carbocycles. The molecule has 0 radical (unpaired) electrons.